The molecule has 0 saturated carbocycles. The lowest BCUT2D eigenvalue weighted by Crippen LogP contribution is -2.19. The Morgan fingerprint density at radius 2 is 2.17 bits per heavy atom. The number of aliphatic imine (C=N–C) groups is 1. The smallest absolute Gasteiger partial charge is 0.264 e. The van der Waals surface area contributed by atoms with Crippen molar-refractivity contribution in [3.63, 3.8) is 0 Å². The van der Waals surface area contributed by atoms with Gasteiger partial charge in [0.15, 0.2) is 10.3 Å². The van der Waals surface area contributed by atoms with Crippen LogP contribution in [0.25, 0.3) is 6.08 Å². The van der Waals surface area contributed by atoms with Crippen LogP contribution >= 0.6 is 23.1 Å². The SMILES string of the molecule is COc1ccc(/N=C2/NC(=O)/C(=C/c3cnc(N)s3)S2)c(OC)c1. The van der Waals surface area contributed by atoms with E-state index in [1.54, 1.807) is 44.7 Å². The number of methoxy groups -OCH3 is 2. The first kappa shape index (κ1) is 16.3. The zero-order valence-electron chi connectivity index (χ0n) is 12.9. The molecule has 124 valence electrons. The number of amidine groups is 1. The van der Waals surface area contributed by atoms with Gasteiger partial charge in [-0.3, -0.25) is 4.79 Å². The van der Waals surface area contributed by atoms with Crippen molar-refractivity contribution in [3.05, 3.63) is 34.2 Å². The highest BCUT2D eigenvalue weighted by Crippen LogP contribution is 2.34. The Labute approximate surface area is 146 Å². The van der Waals surface area contributed by atoms with Crippen molar-refractivity contribution < 1.29 is 14.3 Å². The second-order valence-corrected chi connectivity index (χ2v) is 6.74. The summed E-state index contributed by atoms with van der Waals surface area (Å²) in [6.07, 6.45) is 3.37. The summed E-state index contributed by atoms with van der Waals surface area (Å²) in [6.45, 7) is 0. The van der Waals surface area contributed by atoms with Crippen LogP contribution in [0.4, 0.5) is 10.8 Å². The molecule has 0 bridgehead atoms. The first-order valence-corrected chi connectivity index (χ1v) is 8.45. The van der Waals surface area contributed by atoms with E-state index < -0.39 is 0 Å². The molecule has 1 fully saturated rings. The number of carbonyl (C=O) groups is 1. The molecule has 1 saturated heterocycles. The molecule has 0 radical (unpaired) electrons. The molecule has 7 nitrogen and oxygen atoms in total. The predicted octanol–water partition coefficient (Wildman–Crippen LogP) is 2.63. The van der Waals surface area contributed by atoms with E-state index in [4.69, 9.17) is 15.2 Å². The van der Waals surface area contributed by atoms with Gasteiger partial charge in [-0.05, 0) is 30.0 Å². The van der Waals surface area contributed by atoms with Crippen LogP contribution in [0.1, 0.15) is 4.88 Å². The highest BCUT2D eigenvalue weighted by molar-refractivity contribution is 8.18. The Kier molecular flexibility index (Phi) is 4.72. The molecule has 0 spiro atoms. The fraction of sp³-hybridized carbons (Fsp3) is 0.133. The number of benzene rings is 1. The number of carbonyl (C=O) groups excluding carboxylic acids is 1. The fourth-order valence-corrected chi connectivity index (χ4v) is 3.49. The molecular formula is C15H14N4O3S2. The number of thioether (sulfide) groups is 1. The molecule has 1 aromatic heterocycles. The average Bonchev–Trinajstić information content (AvgIpc) is 3.14. The van der Waals surface area contributed by atoms with Crippen LogP contribution in [0.3, 0.4) is 0 Å². The van der Waals surface area contributed by atoms with Gasteiger partial charge in [0.25, 0.3) is 5.91 Å². The van der Waals surface area contributed by atoms with Gasteiger partial charge in [0, 0.05) is 12.3 Å². The van der Waals surface area contributed by atoms with Crippen molar-refractivity contribution in [2.45, 2.75) is 0 Å². The number of nitrogen functional groups attached to an aromatic ring is 1. The molecule has 2 aromatic rings. The quantitative estimate of drug-likeness (QED) is 0.811. The number of nitrogens with zero attached hydrogens (tertiary/aromatic N) is 2. The van der Waals surface area contributed by atoms with Crippen LogP contribution in [0.2, 0.25) is 0 Å². The number of nitrogens with two attached hydrogens (primary N) is 1. The van der Waals surface area contributed by atoms with Gasteiger partial charge in [0.05, 0.1) is 24.0 Å². The van der Waals surface area contributed by atoms with Gasteiger partial charge in [-0.1, -0.05) is 11.3 Å². The van der Waals surface area contributed by atoms with Gasteiger partial charge in [0.2, 0.25) is 0 Å². The van der Waals surface area contributed by atoms with Gasteiger partial charge in [0.1, 0.15) is 17.2 Å². The van der Waals surface area contributed by atoms with Crippen LogP contribution in [0.5, 0.6) is 11.5 Å². The summed E-state index contributed by atoms with van der Waals surface area (Å²) >= 11 is 2.56. The first-order chi connectivity index (χ1) is 11.6. The van der Waals surface area contributed by atoms with Crippen molar-refractivity contribution in [2.75, 3.05) is 20.0 Å². The van der Waals surface area contributed by atoms with Crippen molar-refractivity contribution in [2.24, 2.45) is 4.99 Å². The summed E-state index contributed by atoms with van der Waals surface area (Å²) in [4.78, 5) is 21.8. The Morgan fingerprint density at radius 3 is 2.83 bits per heavy atom. The maximum absolute atomic E-state index is 12.1. The van der Waals surface area contributed by atoms with Gasteiger partial charge >= 0.3 is 0 Å². The van der Waals surface area contributed by atoms with E-state index in [-0.39, 0.29) is 5.91 Å². The number of rotatable bonds is 4. The van der Waals surface area contributed by atoms with E-state index in [9.17, 15) is 4.79 Å². The maximum Gasteiger partial charge on any atom is 0.264 e. The Hall–Kier alpha value is -2.52. The summed E-state index contributed by atoms with van der Waals surface area (Å²) in [7, 11) is 3.13. The van der Waals surface area contributed by atoms with Gasteiger partial charge in [-0.15, -0.1) is 0 Å². The second kappa shape index (κ2) is 6.93. The second-order valence-electron chi connectivity index (χ2n) is 4.62. The standard InChI is InChI=1S/C15H14N4O3S2/c1-21-8-3-4-10(11(5-8)22-2)18-15-19-13(20)12(24-15)6-9-7-17-14(16)23-9/h3-7H,1-2H3,(H2,16,17)(H,18,19,20)/b12-6-. The third-order valence-electron chi connectivity index (χ3n) is 3.07. The third-order valence-corrected chi connectivity index (χ3v) is 4.76. The fourth-order valence-electron chi connectivity index (χ4n) is 1.96. The molecule has 24 heavy (non-hydrogen) atoms. The van der Waals surface area contributed by atoms with Crippen LogP contribution in [0, 0.1) is 0 Å². The molecule has 9 heteroatoms. The van der Waals surface area contributed by atoms with Gasteiger partial charge in [-0.25, -0.2) is 9.98 Å². The molecule has 3 N–H and O–H groups in total. The Morgan fingerprint density at radius 1 is 1.33 bits per heavy atom. The van der Waals surface area contributed by atoms with E-state index in [0.717, 1.165) is 4.88 Å². The van der Waals surface area contributed by atoms with E-state index in [1.165, 1.54) is 23.1 Å². The summed E-state index contributed by atoms with van der Waals surface area (Å²) in [6, 6.07) is 5.28. The molecule has 0 unspecified atom stereocenters. The van der Waals surface area contributed by atoms with Gasteiger partial charge < -0.3 is 20.5 Å². The van der Waals surface area contributed by atoms with Crippen molar-refractivity contribution in [1.29, 1.82) is 0 Å². The van der Waals surface area contributed by atoms with Crippen LogP contribution in [-0.4, -0.2) is 30.3 Å². The number of hydrogen-bond donors (Lipinski definition) is 2. The number of hydrogen-bond acceptors (Lipinski definition) is 8. The van der Waals surface area contributed by atoms with Crippen LogP contribution < -0.4 is 20.5 Å². The number of nitrogens with one attached hydrogen (secondary N) is 1. The molecule has 2 heterocycles. The van der Waals surface area contributed by atoms with Gasteiger partial charge in [-0.2, -0.15) is 0 Å². The zero-order chi connectivity index (χ0) is 17.1. The van der Waals surface area contributed by atoms with E-state index in [1.807, 2.05) is 0 Å². The minimum atomic E-state index is -0.210. The van der Waals surface area contributed by atoms with Crippen molar-refractivity contribution in [3.8, 4) is 11.5 Å². The molecular weight excluding hydrogens is 348 g/mol. The third kappa shape index (κ3) is 3.52. The Bertz CT molecular complexity index is 845. The van der Waals surface area contributed by atoms with Crippen LogP contribution in [0.15, 0.2) is 34.3 Å². The predicted molar refractivity (Wildman–Crippen MR) is 96.9 cm³/mol. The lowest BCUT2D eigenvalue weighted by Gasteiger charge is -2.07. The molecule has 1 aliphatic rings. The minimum absolute atomic E-state index is 0.210. The lowest BCUT2D eigenvalue weighted by atomic mass is 10.3. The molecule has 0 aliphatic carbocycles. The number of ether oxygens (including phenoxy) is 2. The lowest BCUT2D eigenvalue weighted by molar-refractivity contribution is -0.115. The monoisotopic (exact) mass is 362 g/mol. The molecule has 3 rings (SSSR count). The first-order valence-electron chi connectivity index (χ1n) is 6.82. The average molecular weight is 362 g/mol. The zero-order valence-corrected chi connectivity index (χ0v) is 14.5. The Balaban J connectivity index is 1.85. The number of amides is 1. The number of anilines is 1. The van der Waals surface area contributed by atoms with E-state index in [0.29, 0.717) is 32.4 Å². The summed E-state index contributed by atoms with van der Waals surface area (Å²) < 4.78 is 10.5. The summed E-state index contributed by atoms with van der Waals surface area (Å²) in [5, 5.41) is 3.67. The van der Waals surface area contributed by atoms with Crippen molar-refractivity contribution >= 4 is 51.1 Å². The molecule has 1 aliphatic heterocycles. The summed E-state index contributed by atoms with van der Waals surface area (Å²) in [5.41, 5.74) is 6.20. The number of aromatic nitrogens is 1. The van der Waals surface area contributed by atoms with Crippen molar-refractivity contribution in [1.82, 2.24) is 10.3 Å². The minimum Gasteiger partial charge on any atom is -0.497 e. The molecule has 0 atom stereocenters. The summed E-state index contributed by atoms with van der Waals surface area (Å²) in [5.74, 6) is 1.02. The maximum atomic E-state index is 12.1. The normalized spacial score (nSPS) is 17.3. The van der Waals surface area contributed by atoms with E-state index >= 15 is 0 Å². The molecule has 1 aromatic carbocycles. The van der Waals surface area contributed by atoms with E-state index in [2.05, 4.69) is 15.3 Å². The highest BCUT2D eigenvalue weighted by Gasteiger charge is 2.24. The number of thiazole rings is 1. The topological polar surface area (TPSA) is 98.8 Å². The highest BCUT2D eigenvalue weighted by atomic mass is 32.2. The van der Waals surface area contributed by atoms with Crippen LogP contribution in [-0.2, 0) is 4.79 Å². The largest absolute Gasteiger partial charge is 0.497 e. The molecule has 1 amide bonds.